The van der Waals surface area contributed by atoms with E-state index in [1.165, 1.54) is 193 Å². The first-order valence-electron chi connectivity index (χ1n) is 15.8. The number of hydrogen-bond donors (Lipinski definition) is 0. The maximum absolute atomic E-state index is 2.31. The summed E-state index contributed by atoms with van der Waals surface area (Å²) < 4.78 is 0. The van der Waals surface area contributed by atoms with Gasteiger partial charge in [0, 0.05) is 0 Å². The maximum atomic E-state index is 2.31. The van der Waals surface area contributed by atoms with Crippen LogP contribution in [0.3, 0.4) is 0 Å². The molecule has 0 heteroatoms. The molecule has 0 amide bonds. The lowest BCUT2D eigenvalue weighted by Crippen LogP contribution is -2.03. The molecule has 1 saturated carbocycles. The van der Waals surface area contributed by atoms with Crippen LogP contribution in [0.4, 0.5) is 0 Å². The molecule has 0 bridgehead atoms. The molecule has 0 N–H and O–H groups in total. The second-order valence-electron chi connectivity index (χ2n) is 11.2. The average Bonchev–Trinajstić information content (AvgIpc) is 2.82. The Morgan fingerprint density at radius 2 is 0.625 bits per heavy atom. The monoisotopic (exact) mass is 447 g/mol. The molecule has 0 saturated heterocycles. The summed E-state index contributed by atoms with van der Waals surface area (Å²) >= 11 is 0. The fraction of sp³-hybridized carbons (Fsp3) is 0.969. The highest BCUT2D eigenvalue weighted by molar-refractivity contribution is 4.91. The Morgan fingerprint density at radius 3 is 0.938 bits per heavy atom. The first kappa shape index (κ1) is 30.0. The Balaban J connectivity index is 1.62. The SMILES string of the molecule is CCCCCCCCCCCCCCCCCCCCCCCCCC[C]1CCCCC1. The van der Waals surface area contributed by atoms with Gasteiger partial charge >= 0.3 is 0 Å². The van der Waals surface area contributed by atoms with Gasteiger partial charge in [-0.05, 0) is 25.2 Å². The maximum Gasteiger partial charge on any atom is -0.0241 e. The summed E-state index contributed by atoms with van der Waals surface area (Å²) in [6, 6.07) is 0. The molecular weight excluding hydrogens is 384 g/mol. The van der Waals surface area contributed by atoms with Crippen LogP contribution >= 0.6 is 0 Å². The lowest BCUT2D eigenvalue weighted by Gasteiger charge is -2.20. The highest BCUT2D eigenvalue weighted by atomic mass is 14.2. The summed E-state index contributed by atoms with van der Waals surface area (Å²) in [5, 5.41) is 0. The number of unbranched alkanes of at least 4 members (excludes halogenated alkanes) is 23. The van der Waals surface area contributed by atoms with E-state index in [2.05, 4.69) is 6.92 Å². The van der Waals surface area contributed by atoms with Crippen molar-refractivity contribution in [3.8, 4) is 0 Å². The molecule has 1 aliphatic carbocycles. The summed E-state index contributed by atoms with van der Waals surface area (Å²) in [5.41, 5.74) is 0. The van der Waals surface area contributed by atoms with Gasteiger partial charge in [0.1, 0.15) is 0 Å². The minimum atomic E-state index is 1.37. The summed E-state index contributed by atoms with van der Waals surface area (Å²) in [5.74, 6) is 1.90. The average molecular weight is 448 g/mol. The molecule has 0 nitrogen and oxygen atoms in total. The summed E-state index contributed by atoms with van der Waals surface area (Å²) in [6.07, 6.45) is 44.5. The van der Waals surface area contributed by atoms with Crippen LogP contribution in [-0.4, -0.2) is 0 Å². The molecule has 1 rings (SSSR count). The molecule has 0 aromatic rings. The zero-order chi connectivity index (χ0) is 22.8. The fourth-order valence-corrected chi connectivity index (χ4v) is 5.64. The zero-order valence-electron chi connectivity index (χ0n) is 22.7. The van der Waals surface area contributed by atoms with Gasteiger partial charge in [-0.2, -0.15) is 0 Å². The van der Waals surface area contributed by atoms with Crippen LogP contribution in [0.25, 0.3) is 0 Å². The Morgan fingerprint density at radius 1 is 0.344 bits per heavy atom. The van der Waals surface area contributed by atoms with E-state index in [1.54, 1.807) is 0 Å². The van der Waals surface area contributed by atoms with Crippen LogP contribution in [-0.2, 0) is 0 Å². The van der Waals surface area contributed by atoms with Crippen LogP contribution in [0.5, 0.6) is 0 Å². The number of rotatable bonds is 25. The number of hydrogen-bond acceptors (Lipinski definition) is 0. The molecule has 32 heavy (non-hydrogen) atoms. The molecule has 0 aromatic heterocycles. The van der Waals surface area contributed by atoms with E-state index in [0.717, 1.165) is 0 Å². The van der Waals surface area contributed by atoms with Gasteiger partial charge in [0.05, 0.1) is 0 Å². The van der Waals surface area contributed by atoms with Crippen LogP contribution in [0.15, 0.2) is 0 Å². The summed E-state index contributed by atoms with van der Waals surface area (Å²) in [7, 11) is 0. The van der Waals surface area contributed by atoms with Crippen molar-refractivity contribution >= 4 is 0 Å². The first-order valence-corrected chi connectivity index (χ1v) is 15.8. The fourth-order valence-electron chi connectivity index (χ4n) is 5.64. The van der Waals surface area contributed by atoms with Gasteiger partial charge < -0.3 is 0 Å². The van der Waals surface area contributed by atoms with Crippen molar-refractivity contribution < 1.29 is 0 Å². The van der Waals surface area contributed by atoms with Crippen LogP contribution in [0.2, 0.25) is 0 Å². The Labute approximate surface area is 205 Å². The van der Waals surface area contributed by atoms with E-state index in [0.29, 0.717) is 0 Å². The highest BCUT2D eigenvalue weighted by Gasteiger charge is 2.12. The molecule has 1 aliphatic rings. The van der Waals surface area contributed by atoms with Crippen molar-refractivity contribution in [3.63, 3.8) is 0 Å². The van der Waals surface area contributed by atoms with E-state index in [4.69, 9.17) is 0 Å². The van der Waals surface area contributed by atoms with E-state index in [1.807, 2.05) is 5.92 Å². The van der Waals surface area contributed by atoms with Crippen molar-refractivity contribution in [2.45, 2.75) is 200 Å². The molecule has 0 aliphatic heterocycles. The molecule has 0 aromatic carbocycles. The normalized spacial score (nSPS) is 14.9. The second-order valence-corrected chi connectivity index (χ2v) is 11.2. The van der Waals surface area contributed by atoms with Gasteiger partial charge in [0.2, 0.25) is 0 Å². The van der Waals surface area contributed by atoms with Gasteiger partial charge in [-0.1, -0.05) is 180 Å². The lowest BCUT2D eigenvalue weighted by molar-refractivity contribution is 0.482. The smallest absolute Gasteiger partial charge is 0.0241 e. The van der Waals surface area contributed by atoms with Crippen molar-refractivity contribution in [2.75, 3.05) is 0 Å². The predicted octanol–water partition coefficient (Wildman–Crippen LogP) is 12.3. The van der Waals surface area contributed by atoms with E-state index < -0.39 is 0 Å². The minimum Gasteiger partial charge on any atom is -0.0654 e. The molecule has 1 fully saturated rings. The Bertz CT molecular complexity index is 327. The van der Waals surface area contributed by atoms with Gasteiger partial charge in [-0.25, -0.2) is 0 Å². The van der Waals surface area contributed by atoms with Crippen LogP contribution in [0, 0.1) is 5.92 Å². The molecule has 1 radical (unpaired) electrons. The van der Waals surface area contributed by atoms with Crippen LogP contribution in [0.1, 0.15) is 200 Å². The van der Waals surface area contributed by atoms with Gasteiger partial charge in [0.15, 0.2) is 0 Å². The minimum absolute atomic E-state index is 1.37. The summed E-state index contributed by atoms with van der Waals surface area (Å²) in [4.78, 5) is 0. The predicted molar refractivity (Wildman–Crippen MR) is 147 cm³/mol. The molecule has 0 heterocycles. The Hall–Kier alpha value is 0. The topological polar surface area (TPSA) is 0 Å². The van der Waals surface area contributed by atoms with Crippen molar-refractivity contribution in [1.29, 1.82) is 0 Å². The zero-order valence-corrected chi connectivity index (χ0v) is 22.7. The third kappa shape index (κ3) is 21.8. The molecule has 0 atom stereocenters. The largest absolute Gasteiger partial charge is 0.0654 e. The first-order chi connectivity index (χ1) is 15.9. The third-order valence-corrected chi connectivity index (χ3v) is 7.94. The second kappa shape index (κ2) is 25.6. The van der Waals surface area contributed by atoms with Crippen molar-refractivity contribution in [3.05, 3.63) is 5.92 Å². The van der Waals surface area contributed by atoms with E-state index >= 15 is 0 Å². The molecule has 191 valence electrons. The standard InChI is InChI=1S/C32H63/c1-2-3-4-5-6-7-8-9-10-11-12-13-14-15-16-17-18-19-20-21-22-23-24-26-29-32-30-27-25-28-31-32/h2-31H2,1H3. The third-order valence-electron chi connectivity index (χ3n) is 7.94. The van der Waals surface area contributed by atoms with Crippen molar-refractivity contribution in [2.24, 2.45) is 0 Å². The van der Waals surface area contributed by atoms with Crippen molar-refractivity contribution in [1.82, 2.24) is 0 Å². The Kier molecular flexibility index (Phi) is 24.0. The molecular formula is C32H63. The molecule has 0 unspecified atom stereocenters. The summed E-state index contributed by atoms with van der Waals surface area (Å²) in [6.45, 7) is 2.31. The van der Waals surface area contributed by atoms with Crippen LogP contribution < -0.4 is 0 Å². The van der Waals surface area contributed by atoms with E-state index in [9.17, 15) is 0 Å². The van der Waals surface area contributed by atoms with Gasteiger partial charge in [-0.15, -0.1) is 0 Å². The van der Waals surface area contributed by atoms with Gasteiger partial charge in [-0.3, -0.25) is 0 Å². The van der Waals surface area contributed by atoms with Gasteiger partial charge in [0.25, 0.3) is 0 Å². The quantitative estimate of drug-likeness (QED) is 0.122. The highest BCUT2D eigenvalue weighted by Crippen LogP contribution is 2.30. The molecule has 0 spiro atoms. The van der Waals surface area contributed by atoms with E-state index in [-0.39, 0.29) is 0 Å². The lowest BCUT2D eigenvalue weighted by atomic mass is 9.85.